The minimum Gasteiger partial charge on any atom is -0.451 e. The van der Waals surface area contributed by atoms with Crippen LogP contribution in [0, 0.1) is 17.2 Å². The van der Waals surface area contributed by atoms with Gasteiger partial charge in [-0.25, -0.2) is 8.78 Å². The van der Waals surface area contributed by atoms with Crippen molar-refractivity contribution in [3.05, 3.63) is 68.7 Å². The fourth-order valence-electron chi connectivity index (χ4n) is 2.77. The molecule has 0 N–H and O–H groups in total. The standard InChI is InChI=1S/C19H10ClF5N4O3/c20-11-3-9(7-26)4-12(6-11)32-15-13(19(23,24)25)1-2-29(18(15)31)8-10-5-14(16(21)22)27-28-17(10)30/h1-6,10,16H,8H2. The van der Waals surface area contributed by atoms with Crippen LogP contribution in [0.15, 0.2) is 57.3 Å². The predicted octanol–water partition coefficient (Wildman–Crippen LogP) is 4.94. The molecule has 1 aromatic heterocycles. The summed E-state index contributed by atoms with van der Waals surface area (Å²) < 4.78 is 71.9. The van der Waals surface area contributed by atoms with Crippen molar-refractivity contribution in [1.82, 2.24) is 4.57 Å². The molecule has 166 valence electrons. The monoisotopic (exact) mass is 472 g/mol. The van der Waals surface area contributed by atoms with E-state index >= 15 is 0 Å². The Hall–Kier alpha value is -3.59. The van der Waals surface area contributed by atoms with Gasteiger partial charge in [-0.3, -0.25) is 9.59 Å². The van der Waals surface area contributed by atoms with Crippen LogP contribution in [0.1, 0.15) is 11.1 Å². The summed E-state index contributed by atoms with van der Waals surface area (Å²) in [7, 11) is 0. The molecule has 2 aromatic rings. The highest BCUT2D eigenvalue weighted by molar-refractivity contribution is 6.30. The van der Waals surface area contributed by atoms with Gasteiger partial charge in [0.05, 0.1) is 17.6 Å². The molecular formula is C19H10ClF5N4O3. The van der Waals surface area contributed by atoms with Gasteiger partial charge in [0.2, 0.25) is 5.75 Å². The molecule has 1 aliphatic rings. The highest BCUT2D eigenvalue weighted by Gasteiger charge is 2.37. The molecule has 1 amide bonds. The number of nitriles is 1. The zero-order valence-corrected chi connectivity index (χ0v) is 16.4. The average molecular weight is 473 g/mol. The van der Waals surface area contributed by atoms with Gasteiger partial charge in [-0.05, 0) is 30.3 Å². The van der Waals surface area contributed by atoms with Gasteiger partial charge in [-0.2, -0.15) is 18.4 Å². The molecule has 0 bridgehead atoms. The van der Waals surface area contributed by atoms with Crippen LogP contribution in [0.5, 0.6) is 11.5 Å². The lowest BCUT2D eigenvalue weighted by molar-refractivity contribution is -0.138. The van der Waals surface area contributed by atoms with E-state index in [1.165, 1.54) is 6.07 Å². The minimum atomic E-state index is -4.98. The van der Waals surface area contributed by atoms with Gasteiger partial charge < -0.3 is 9.30 Å². The minimum absolute atomic E-state index is 0.0216. The molecular weight excluding hydrogens is 463 g/mol. The van der Waals surface area contributed by atoms with Crippen molar-refractivity contribution < 1.29 is 31.5 Å². The van der Waals surface area contributed by atoms with Crippen LogP contribution >= 0.6 is 11.6 Å². The van der Waals surface area contributed by atoms with Crippen molar-refractivity contribution in [2.75, 3.05) is 0 Å². The smallest absolute Gasteiger partial charge is 0.420 e. The molecule has 7 nitrogen and oxygen atoms in total. The lowest BCUT2D eigenvalue weighted by Gasteiger charge is -2.18. The lowest BCUT2D eigenvalue weighted by atomic mass is 10.1. The Kier molecular flexibility index (Phi) is 6.40. The number of amides is 1. The van der Waals surface area contributed by atoms with Crippen molar-refractivity contribution in [3.63, 3.8) is 0 Å². The van der Waals surface area contributed by atoms with Crippen LogP contribution < -0.4 is 10.3 Å². The number of allylic oxidation sites excluding steroid dienone is 1. The number of halogens is 6. The first-order chi connectivity index (χ1) is 15.0. The number of carbonyl (C=O) groups excluding carboxylic acids is 1. The molecule has 2 heterocycles. The van der Waals surface area contributed by atoms with E-state index in [1.54, 1.807) is 6.07 Å². The van der Waals surface area contributed by atoms with Gasteiger partial charge in [-0.15, -0.1) is 10.2 Å². The average Bonchev–Trinajstić information content (AvgIpc) is 2.70. The van der Waals surface area contributed by atoms with Gasteiger partial charge >= 0.3 is 6.18 Å². The lowest BCUT2D eigenvalue weighted by Crippen LogP contribution is -2.29. The summed E-state index contributed by atoms with van der Waals surface area (Å²) in [5.41, 5.74) is -3.54. The Balaban J connectivity index is 2.05. The van der Waals surface area contributed by atoms with E-state index in [-0.39, 0.29) is 16.3 Å². The van der Waals surface area contributed by atoms with Crippen LogP contribution in [-0.4, -0.2) is 16.9 Å². The first-order valence-corrected chi connectivity index (χ1v) is 9.02. The number of alkyl halides is 5. The van der Waals surface area contributed by atoms with Gasteiger partial charge in [0.25, 0.3) is 17.9 Å². The summed E-state index contributed by atoms with van der Waals surface area (Å²) in [4.78, 5) is 24.6. The molecule has 13 heteroatoms. The number of carbonyl (C=O) groups is 1. The first-order valence-electron chi connectivity index (χ1n) is 8.64. The molecule has 1 aromatic carbocycles. The third kappa shape index (κ3) is 5.00. The fourth-order valence-corrected chi connectivity index (χ4v) is 3.00. The van der Waals surface area contributed by atoms with Gasteiger partial charge in [0, 0.05) is 17.8 Å². The summed E-state index contributed by atoms with van der Waals surface area (Å²) >= 11 is 5.82. The molecule has 0 saturated carbocycles. The summed E-state index contributed by atoms with van der Waals surface area (Å²) in [6.45, 7) is -0.583. The Morgan fingerprint density at radius 1 is 1.22 bits per heavy atom. The van der Waals surface area contributed by atoms with Crippen LogP contribution in [0.2, 0.25) is 5.02 Å². The number of rotatable bonds is 5. The van der Waals surface area contributed by atoms with Crippen molar-refractivity contribution in [3.8, 4) is 17.6 Å². The van der Waals surface area contributed by atoms with Crippen molar-refractivity contribution in [1.29, 1.82) is 5.26 Å². The second-order valence-electron chi connectivity index (χ2n) is 6.44. The van der Waals surface area contributed by atoms with Gasteiger partial charge in [0.15, 0.2) is 0 Å². The molecule has 32 heavy (non-hydrogen) atoms. The van der Waals surface area contributed by atoms with E-state index < -0.39 is 53.5 Å². The highest BCUT2D eigenvalue weighted by Crippen LogP contribution is 2.36. The maximum atomic E-state index is 13.5. The number of azo groups is 1. The molecule has 0 spiro atoms. The predicted molar refractivity (Wildman–Crippen MR) is 99.4 cm³/mol. The molecule has 1 atom stereocenters. The quantitative estimate of drug-likeness (QED) is 0.575. The summed E-state index contributed by atoms with van der Waals surface area (Å²) in [6.07, 6.45) is -6.47. The van der Waals surface area contributed by atoms with Crippen molar-refractivity contribution in [2.24, 2.45) is 16.1 Å². The summed E-state index contributed by atoms with van der Waals surface area (Å²) in [6, 6.07) is 5.69. The topological polar surface area (TPSA) is 96.8 Å². The second-order valence-corrected chi connectivity index (χ2v) is 6.88. The zero-order chi connectivity index (χ0) is 23.6. The van der Waals surface area contributed by atoms with E-state index in [0.717, 1.165) is 24.4 Å². The number of pyridine rings is 1. The van der Waals surface area contributed by atoms with Crippen LogP contribution in [0.4, 0.5) is 22.0 Å². The SMILES string of the molecule is N#Cc1cc(Cl)cc(Oc2c(C(F)(F)F)ccn(CC3C=C(C(F)F)N=NC3=O)c2=O)c1. The van der Waals surface area contributed by atoms with E-state index in [9.17, 15) is 31.5 Å². The Labute approximate surface area is 181 Å². The van der Waals surface area contributed by atoms with E-state index in [1.807, 2.05) is 0 Å². The molecule has 0 aliphatic carbocycles. The first kappa shape index (κ1) is 23.1. The number of aromatic nitrogens is 1. The normalized spacial score (nSPS) is 16.1. The van der Waals surface area contributed by atoms with E-state index in [0.29, 0.717) is 10.6 Å². The molecule has 1 aliphatic heterocycles. The summed E-state index contributed by atoms with van der Waals surface area (Å²) in [5, 5.41) is 15.1. The van der Waals surface area contributed by atoms with Crippen LogP contribution in [0.3, 0.4) is 0 Å². The van der Waals surface area contributed by atoms with Gasteiger partial charge in [-0.1, -0.05) is 11.6 Å². The maximum absolute atomic E-state index is 13.5. The fraction of sp³-hybridized carbons (Fsp3) is 0.211. The van der Waals surface area contributed by atoms with Crippen molar-refractivity contribution in [2.45, 2.75) is 19.1 Å². The number of benzene rings is 1. The zero-order valence-electron chi connectivity index (χ0n) is 15.6. The Morgan fingerprint density at radius 2 is 1.94 bits per heavy atom. The van der Waals surface area contributed by atoms with Crippen LogP contribution in [-0.2, 0) is 17.5 Å². The Morgan fingerprint density at radius 3 is 2.56 bits per heavy atom. The Bertz CT molecular complexity index is 1230. The molecule has 3 rings (SSSR count). The number of nitrogens with zero attached hydrogens (tertiary/aromatic N) is 4. The molecule has 0 saturated heterocycles. The molecule has 0 radical (unpaired) electrons. The third-order valence-corrected chi connectivity index (χ3v) is 4.43. The molecule has 1 unspecified atom stereocenters. The third-order valence-electron chi connectivity index (χ3n) is 4.22. The second kappa shape index (κ2) is 8.88. The van der Waals surface area contributed by atoms with Crippen molar-refractivity contribution >= 4 is 17.5 Å². The molecule has 0 fully saturated rings. The number of hydrogen-bond acceptors (Lipinski definition) is 5. The largest absolute Gasteiger partial charge is 0.451 e. The van der Waals surface area contributed by atoms with E-state index in [4.69, 9.17) is 21.6 Å². The number of hydrogen-bond donors (Lipinski definition) is 0. The maximum Gasteiger partial charge on any atom is 0.420 e. The number of ether oxygens (including phenoxy) is 1. The highest BCUT2D eigenvalue weighted by atomic mass is 35.5. The van der Waals surface area contributed by atoms with Gasteiger partial charge in [0.1, 0.15) is 17.0 Å². The summed E-state index contributed by atoms with van der Waals surface area (Å²) in [5.74, 6) is -3.75. The van der Waals surface area contributed by atoms with Crippen LogP contribution in [0.25, 0.3) is 0 Å². The van der Waals surface area contributed by atoms with E-state index in [2.05, 4.69) is 10.2 Å².